The fourth-order valence-corrected chi connectivity index (χ4v) is 3.07. The van der Waals surface area contributed by atoms with Gasteiger partial charge >= 0.3 is 0 Å². The average Bonchev–Trinajstić information content (AvgIpc) is 3.29. The molecule has 2 heterocycles. The highest BCUT2D eigenvalue weighted by Gasteiger charge is 2.32. The Labute approximate surface area is 122 Å². The summed E-state index contributed by atoms with van der Waals surface area (Å²) in [6.07, 6.45) is 7.60. The quantitative estimate of drug-likeness (QED) is 0.895. The molecule has 0 bridgehead atoms. The highest BCUT2D eigenvalue weighted by atomic mass is 15.3. The third kappa shape index (κ3) is 3.29. The zero-order valence-corrected chi connectivity index (χ0v) is 12.7. The molecule has 20 heavy (non-hydrogen) atoms. The number of hydrogen-bond acceptors (Lipinski definition) is 4. The minimum absolute atomic E-state index is 0.629. The Morgan fingerprint density at radius 2 is 2.10 bits per heavy atom. The minimum Gasteiger partial charge on any atom is -0.352 e. The van der Waals surface area contributed by atoms with Gasteiger partial charge in [0.05, 0.1) is 0 Å². The van der Waals surface area contributed by atoms with Crippen LogP contribution in [0.1, 0.15) is 50.5 Å². The van der Waals surface area contributed by atoms with Gasteiger partial charge in [-0.05, 0) is 45.6 Å². The van der Waals surface area contributed by atoms with Gasteiger partial charge in [0.1, 0.15) is 11.6 Å². The van der Waals surface area contributed by atoms with E-state index in [4.69, 9.17) is 4.98 Å². The number of rotatable bonds is 5. The monoisotopic (exact) mass is 274 g/mol. The number of anilines is 1. The zero-order chi connectivity index (χ0) is 13.9. The van der Waals surface area contributed by atoms with E-state index in [2.05, 4.69) is 28.2 Å². The summed E-state index contributed by atoms with van der Waals surface area (Å²) in [6.45, 7) is 6.44. The first-order valence-electron chi connectivity index (χ1n) is 8.11. The molecule has 4 heteroatoms. The molecular weight excluding hydrogens is 248 g/mol. The maximum absolute atomic E-state index is 4.70. The first-order valence-corrected chi connectivity index (χ1v) is 8.11. The van der Waals surface area contributed by atoms with Crippen molar-refractivity contribution < 1.29 is 0 Å². The van der Waals surface area contributed by atoms with Crippen molar-refractivity contribution in [3.8, 4) is 0 Å². The number of nitrogens with zero attached hydrogens (tertiary/aromatic N) is 3. The lowest BCUT2D eigenvalue weighted by atomic mass is 10.0. The van der Waals surface area contributed by atoms with E-state index in [9.17, 15) is 0 Å². The van der Waals surface area contributed by atoms with E-state index in [-0.39, 0.29) is 0 Å². The molecule has 1 saturated carbocycles. The van der Waals surface area contributed by atoms with Crippen LogP contribution >= 0.6 is 0 Å². The smallest absolute Gasteiger partial charge is 0.132 e. The number of nitrogens with one attached hydrogen (secondary N) is 1. The van der Waals surface area contributed by atoms with Crippen LogP contribution in [0.3, 0.4) is 0 Å². The van der Waals surface area contributed by atoms with Crippen LogP contribution < -0.4 is 10.2 Å². The van der Waals surface area contributed by atoms with E-state index in [1.807, 2.05) is 6.92 Å². The van der Waals surface area contributed by atoms with E-state index < -0.39 is 0 Å². The predicted octanol–water partition coefficient (Wildman–Crippen LogP) is 2.46. The minimum atomic E-state index is 0.629. The van der Waals surface area contributed by atoms with Crippen LogP contribution in [0.15, 0.2) is 6.07 Å². The molecule has 110 valence electrons. The number of hydrogen-bond donors (Lipinski definition) is 1. The second-order valence-corrected chi connectivity index (χ2v) is 6.15. The average molecular weight is 274 g/mol. The van der Waals surface area contributed by atoms with Crippen molar-refractivity contribution in [1.29, 1.82) is 0 Å². The summed E-state index contributed by atoms with van der Waals surface area (Å²) in [5.41, 5.74) is 1.16. The molecule has 4 nitrogen and oxygen atoms in total. The van der Waals surface area contributed by atoms with E-state index in [1.54, 1.807) is 0 Å². The lowest BCUT2D eigenvalue weighted by Gasteiger charge is -2.31. The SMILES string of the molecule is CCc1cc(N(CC2CCCCN2)C2CC2)nc(C)n1. The van der Waals surface area contributed by atoms with E-state index >= 15 is 0 Å². The summed E-state index contributed by atoms with van der Waals surface area (Å²) in [6, 6.07) is 3.52. The molecular formula is C16H26N4. The first kappa shape index (κ1) is 13.8. The second kappa shape index (κ2) is 6.08. The molecule has 0 radical (unpaired) electrons. The largest absolute Gasteiger partial charge is 0.352 e. The Morgan fingerprint density at radius 3 is 2.75 bits per heavy atom. The summed E-state index contributed by atoms with van der Waals surface area (Å²) in [4.78, 5) is 11.7. The maximum atomic E-state index is 4.70. The molecule has 1 N–H and O–H groups in total. The van der Waals surface area contributed by atoms with E-state index in [0.717, 1.165) is 30.3 Å². The van der Waals surface area contributed by atoms with E-state index in [0.29, 0.717) is 12.1 Å². The van der Waals surface area contributed by atoms with Crippen molar-refractivity contribution in [3.05, 3.63) is 17.6 Å². The number of aromatic nitrogens is 2. The van der Waals surface area contributed by atoms with Crippen LogP contribution in [0.2, 0.25) is 0 Å². The molecule has 0 spiro atoms. The lowest BCUT2D eigenvalue weighted by molar-refractivity contribution is 0.397. The van der Waals surface area contributed by atoms with Crippen LogP contribution in [0.4, 0.5) is 5.82 Å². The highest BCUT2D eigenvalue weighted by molar-refractivity contribution is 5.43. The standard InChI is InChI=1S/C16H26N4/c1-3-13-10-16(19-12(2)18-13)20(15-7-8-15)11-14-6-4-5-9-17-14/h10,14-15,17H,3-9,11H2,1-2H3. The summed E-state index contributed by atoms with van der Waals surface area (Å²) >= 11 is 0. The second-order valence-electron chi connectivity index (χ2n) is 6.15. The molecule has 1 aromatic rings. The van der Waals surface area contributed by atoms with Crippen molar-refractivity contribution >= 4 is 5.82 Å². The molecule has 0 aromatic carbocycles. The van der Waals surface area contributed by atoms with Crippen LogP contribution in [0.25, 0.3) is 0 Å². The summed E-state index contributed by atoms with van der Waals surface area (Å²) in [5, 5.41) is 3.66. The normalized spacial score (nSPS) is 22.8. The van der Waals surface area contributed by atoms with Gasteiger partial charge in [-0.1, -0.05) is 13.3 Å². The first-order chi connectivity index (χ1) is 9.76. The van der Waals surface area contributed by atoms with E-state index in [1.165, 1.54) is 38.6 Å². The van der Waals surface area contributed by atoms with Crippen LogP contribution in [-0.4, -0.2) is 35.1 Å². The van der Waals surface area contributed by atoms with Gasteiger partial charge in [-0.2, -0.15) is 0 Å². The van der Waals surface area contributed by atoms with Crippen LogP contribution in [-0.2, 0) is 6.42 Å². The Balaban J connectivity index is 1.77. The van der Waals surface area contributed by atoms with Crippen molar-refractivity contribution in [2.45, 2.75) is 64.5 Å². The van der Waals surface area contributed by atoms with Gasteiger partial charge in [0.2, 0.25) is 0 Å². The lowest BCUT2D eigenvalue weighted by Crippen LogP contribution is -2.45. The molecule has 1 saturated heterocycles. The number of piperidine rings is 1. The molecule has 0 amide bonds. The topological polar surface area (TPSA) is 41.0 Å². The number of aryl methyl sites for hydroxylation is 2. The van der Waals surface area contributed by atoms with Crippen molar-refractivity contribution in [3.63, 3.8) is 0 Å². The fraction of sp³-hybridized carbons (Fsp3) is 0.750. The zero-order valence-electron chi connectivity index (χ0n) is 12.7. The molecule has 2 aliphatic rings. The summed E-state index contributed by atoms with van der Waals surface area (Å²) in [5.74, 6) is 2.05. The highest BCUT2D eigenvalue weighted by Crippen LogP contribution is 2.31. The molecule has 1 aliphatic heterocycles. The van der Waals surface area contributed by atoms with Gasteiger partial charge in [-0.3, -0.25) is 0 Å². The van der Waals surface area contributed by atoms with Crippen molar-refractivity contribution in [2.24, 2.45) is 0 Å². The molecule has 2 fully saturated rings. The maximum Gasteiger partial charge on any atom is 0.132 e. The van der Waals surface area contributed by atoms with Crippen molar-refractivity contribution in [2.75, 3.05) is 18.0 Å². The van der Waals surface area contributed by atoms with Gasteiger partial charge < -0.3 is 10.2 Å². The van der Waals surface area contributed by atoms with Gasteiger partial charge in [0.15, 0.2) is 0 Å². The molecule has 1 aromatic heterocycles. The Kier molecular flexibility index (Phi) is 4.20. The Morgan fingerprint density at radius 1 is 1.25 bits per heavy atom. The van der Waals surface area contributed by atoms with Gasteiger partial charge in [-0.25, -0.2) is 9.97 Å². The molecule has 3 rings (SSSR count). The molecule has 1 aliphatic carbocycles. The Hall–Kier alpha value is -1.16. The molecule has 1 unspecified atom stereocenters. The van der Waals surface area contributed by atoms with Crippen LogP contribution in [0, 0.1) is 6.92 Å². The predicted molar refractivity (Wildman–Crippen MR) is 82.2 cm³/mol. The van der Waals surface area contributed by atoms with Crippen LogP contribution in [0.5, 0.6) is 0 Å². The third-order valence-corrected chi connectivity index (χ3v) is 4.35. The van der Waals surface area contributed by atoms with Crippen molar-refractivity contribution in [1.82, 2.24) is 15.3 Å². The molecule has 1 atom stereocenters. The Bertz CT molecular complexity index is 450. The summed E-state index contributed by atoms with van der Waals surface area (Å²) < 4.78 is 0. The summed E-state index contributed by atoms with van der Waals surface area (Å²) in [7, 11) is 0. The fourth-order valence-electron chi connectivity index (χ4n) is 3.07. The van der Waals surface area contributed by atoms with Gasteiger partial charge in [0, 0.05) is 30.4 Å². The third-order valence-electron chi connectivity index (χ3n) is 4.35. The van der Waals surface area contributed by atoms with Gasteiger partial charge in [-0.15, -0.1) is 0 Å². The van der Waals surface area contributed by atoms with Gasteiger partial charge in [0.25, 0.3) is 0 Å².